The number of hydrogen-bond donors (Lipinski definition) is 3. The molecule has 3 aliphatic heterocycles. The number of ketones is 2. The molecule has 0 radical (unpaired) electrons. The zero-order valence-corrected chi connectivity index (χ0v) is 28.2. The Morgan fingerprint density at radius 1 is 1.02 bits per heavy atom. The van der Waals surface area contributed by atoms with Crippen molar-refractivity contribution in [3.63, 3.8) is 0 Å². The van der Waals surface area contributed by atoms with Gasteiger partial charge in [-0.25, -0.2) is 4.79 Å². The van der Waals surface area contributed by atoms with E-state index in [0.29, 0.717) is 36.1 Å². The molecule has 0 amide bonds. The lowest BCUT2D eigenvalue weighted by atomic mass is 9.51. The maximum atomic E-state index is 14.7. The van der Waals surface area contributed by atoms with Crippen molar-refractivity contribution >= 4 is 23.6 Å². The van der Waals surface area contributed by atoms with Crippen LogP contribution in [0.1, 0.15) is 95.6 Å². The number of phenolic OH excluding ortho intramolecular Hbond substituents is 1. The van der Waals surface area contributed by atoms with Crippen LogP contribution < -0.4 is 9.47 Å². The van der Waals surface area contributed by atoms with E-state index in [1.807, 2.05) is 66.7 Å². The molecular weight excluding hydrogens is 600 g/mol. The van der Waals surface area contributed by atoms with E-state index in [4.69, 9.17) is 14.2 Å². The summed E-state index contributed by atoms with van der Waals surface area (Å²) in [7, 11) is 0. The predicted octanol–water partition coefficient (Wildman–Crippen LogP) is 6.21. The fourth-order valence-electron chi connectivity index (χ4n) is 8.27. The van der Waals surface area contributed by atoms with Gasteiger partial charge in [0.05, 0.1) is 23.3 Å². The van der Waals surface area contributed by atoms with Crippen LogP contribution in [0.2, 0.25) is 0 Å². The van der Waals surface area contributed by atoms with Gasteiger partial charge >= 0.3 is 5.97 Å². The van der Waals surface area contributed by atoms with Crippen molar-refractivity contribution in [1.82, 2.24) is 0 Å². The fourth-order valence-corrected chi connectivity index (χ4v) is 8.27. The van der Waals surface area contributed by atoms with Crippen LogP contribution in [0.25, 0.3) is 6.08 Å². The van der Waals surface area contributed by atoms with Crippen LogP contribution in [-0.2, 0) is 20.7 Å². The molecule has 1 saturated heterocycles. The quantitative estimate of drug-likeness (QED) is 0.211. The minimum absolute atomic E-state index is 0.0173. The number of allylic oxidation sites excluding steroid dienone is 5. The number of carboxylic acid groups (broad SMARTS) is 1. The summed E-state index contributed by atoms with van der Waals surface area (Å²) >= 11 is 0. The summed E-state index contributed by atoms with van der Waals surface area (Å²) in [5, 5.41) is 31.2. The van der Waals surface area contributed by atoms with Gasteiger partial charge in [0.25, 0.3) is 0 Å². The second-order valence-corrected chi connectivity index (χ2v) is 14.8. The molecule has 47 heavy (non-hydrogen) atoms. The van der Waals surface area contributed by atoms with Crippen molar-refractivity contribution in [2.24, 2.45) is 11.8 Å². The first-order valence-electron chi connectivity index (χ1n) is 16.3. The lowest BCUT2D eigenvalue weighted by molar-refractivity contribution is -0.171. The van der Waals surface area contributed by atoms with Gasteiger partial charge in [-0.05, 0) is 86.3 Å². The number of aliphatic hydroxyl groups excluding tert-OH is 1. The number of aliphatic carboxylic acids is 1. The van der Waals surface area contributed by atoms with Gasteiger partial charge in [-0.3, -0.25) is 9.59 Å². The minimum Gasteiger partial charge on any atom is -0.506 e. The average molecular weight is 645 g/mol. The largest absolute Gasteiger partial charge is 0.506 e. The Morgan fingerprint density at radius 2 is 1.72 bits per heavy atom. The van der Waals surface area contributed by atoms with E-state index in [1.165, 1.54) is 11.6 Å². The molecule has 1 saturated carbocycles. The Labute approximate surface area is 275 Å². The summed E-state index contributed by atoms with van der Waals surface area (Å²) in [5.41, 5.74) is -1.79. The van der Waals surface area contributed by atoms with Crippen molar-refractivity contribution < 1.29 is 43.9 Å². The normalized spacial score (nSPS) is 30.8. The summed E-state index contributed by atoms with van der Waals surface area (Å²) in [4.78, 5) is 40.9. The Hall–Kier alpha value is -3.95. The van der Waals surface area contributed by atoms with Crippen LogP contribution >= 0.6 is 0 Å². The van der Waals surface area contributed by atoms with E-state index in [2.05, 4.69) is 6.08 Å². The number of phenols is 1. The molecule has 1 aromatic carbocycles. The number of carboxylic acids is 1. The monoisotopic (exact) mass is 644 g/mol. The van der Waals surface area contributed by atoms with E-state index in [-0.39, 0.29) is 40.4 Å². The highest BCUT2D eigenvalue weighted by Gasteiger charge is 2.81. The Morgan fingerprint density at radius 3 is 2.36 bits per heavy atom. The third-order valence-electron chi connectivity index (χ3n) is 10.5. The Balaban J connectivity index is 1.59. The lowest BCUT2D eigenvalue weighted by Crippen LogP contribution is -2.72. The Bertz CT molecular complexity index is 1750. The standard InChI is InChI=1S/C38H44O9/c1-20(2)9-8-14-36(7)15-13-24-29(40)28-30(41)26-17-23-18-27-35(5,6)47-37(33(23)42,16-12-22(19-39)34(43)44)38(26,27)46-32(28)25(31(24)45-36)11-10-21(3)4/h9-10,12-13,15,17,23,27,39-40H,8,11,14,16,18-19H2,1-7H3,(H,43,44)/b22-12-/t23-,27?,36-,37+,38-/m1/s1. The molecule has 6 aliphatic rings. The maximum absolute atomic E-state index is 14.7. The van der Waals surface area contributed by atoms with E-state index >= 15 is 0 Å². The Kier molecular flexibility index (Phi) is 7.76. The number of ether oxygens (including phenoxy) is 3. The third-order valence-corrected chi connectivity index (χ3v) is 10.5. The zero-order valence-electron chi connectivity index (χ0n) is 28.2. The molecular formula is C38H44O9. The molecule has 250 valence electrons. The SMILES string of the molecule is CC(C)=CCC[C@]1(C)C=Cc2c(O)c3c(c(CC=C(C)C)c2O1)O[C@]12C(=C[C@@H]4CC1C(C)(C)O[C@@]2(C/C=C(/CO)C(=O)O)C4=O)C3=O. The van der Waals surface area contributed by atoms with Gasteiger partial charge in [-0.2, -0.15) is 0 Å². The molecule has 9 nitrogen and oxygen atoms in total. The van der Waals surface area contributed by atoms with Gasteiger partial charge in [0.2, 0.25) is 0 Å². The highest BCUT2D eigenvalue weighted by atomic mass is 16.6. The van der Waals surface area contributed by atoms with Crippen LogP contribution in [0.5, 0.6) is 17.2 Å². The smallest absolute Gasteiger partial charge is 0.333 e. The molecule has 7 rings (SSSR count). The van der Waals surface area contributed by atoms with Crippen molar-refractivity contribution in [3.8, 4) is 17.2 Å². The van der Waals surface area contributed by atoms with Gasteiger partial charge in [0.15, 0.2) is 22.8 Å². The van der Waals surface area contributed by atoms with Crippen LogP contribution in [0.4, 0.5) is 0 Å². The van der Waals surface area contributed by atoms with Crippen molar-refractivity contribution in [1.29, 1.82) is 0 Å². The highest BCUT2D eigenvalue weighted by Crippen LogP contribution is 2.68. The number of rotatable bonds is 9. The van der Waals surface area contributed by atoms with Gasteiger partial charge in [-0.15, -0.1) is 0 Å². The van der Waals surface area contributed by atoms with Crippen LogP contribution in [-0.4, -0.2) is 61.9 Å². The molecule has 9 heteroatoms. The van der Waals surface area contributed by atoms with Crippen molar-refractivity contribution in [3.05, 3.63) is 69.4 Å². The van der Waals surface area contributed by atoms with E-state index < -0.39 is 52.6 Å². The molecule has 1 aromatic rings. The maximum Gasteiger partial charge on any atom is 0.333 e. The second kappa shape index (κ2) is 11.1. The number of carbonyl (C=O) groups excluding carboxylic acids is 2. The molecule has 1 unspecified atom stereocenters. The first kappa shape index (κ1) is 33.0. The number of hydrogen-bond acceptors (Lipinski definition) is 8. The summed E-state index contributed by atoms with van der Waals surface area (Å²) in [5.74, 6) is -2.84. The van der Waals surface area contributed by atoms with E-state index in [9.17, 15) is 29.7 Å². The van der Waals surface area contributed by atoms with Crippen molar-refractivity contribution in [2.75, 3.05) is 6.61 Å². The minimum atomic E-state index is -1.74. The second-order valence-electron chi connectivity index (χ2n) is 14.8. The van der Waals surface area contributed by atoms with Gasteiger partial charge < -0.3 is 29.5 Å². The van der Waals surface area contributed by atoms with Crippen LogP contribution in [0.15, 0.2) is 52.7 Å². The van der Waals surface area contributed by atoms with Gasteiger partial charge in [-0.1, -0.05) is 35.5 Å². The first-order valence-corrected chi connectivity index (χ1v) is 16.3. The summed E-state index contributed by atoms with van der Waals surface area (Å²) in [6.07, 6.45) is 12.8. The summed E-state index contributed by atoms with van der Waals surface area (Å²) < 4.78 is 20.5. The number of aliphatic hydroxyl groups is 1. The van der Waals surface area contributed by atoms with E-state index in [0.717, 1.165) is 12.0 Å². The van der Waals surface area contributed by atoms with Crippen LogP contribution in [0.3, 0.4) is 0 Å². The topological polar surface area (TPSA) is 140 Å². The molecule has 2 fully saturated rings. The number of aromatic hydroxyl groups is 1. The van der Waals surface area contributed by atoms with E-state index in [1.54, 1.807) is 6.08 Å². The van der Waals surface area contributed by atoms with Gasteiger partial charge in [0.1, 0.15) is 28.4 Å². The first-order chi connectivity index (χ1) is 22.0. The number of benzene rings is 1. The van der Waals surface area contributed by atoms with Gasteiger partial charge in [0, 0.05) is 29.4 Å². The summed E-state index contributed by atoms with van der Waals surface area (Å²) in [6.45, 7) is 13.0. The molecule has 3 aliphatic carbocycles. The number of fused-ring (bicyclic) bond motifs is 2. The highest BCUT2D eigenvalue weighted by molar-refractivity contribution is 6.19. The molecule has 4 bridgehead atoms. The third kappa shape index (κ3) is 4.76. The number of carbonyl (C=O) groups is 3. The molecule has 1 spiro atoms. The zero-order chi connectivity index (χ0) is 34.3. The predicted molar refractivity (Wildman–Crippen MR) is 176 cm³/mol. The summed E-state index contributed by atoms with van der Waals surface area (Å²) in [6, 6.07) is 0. The molecule has 3 heterocycles. The molecule has 5 atom stereocenters. The fraction of sp³-hybridized carbons (Fsp3) is 0.500. The molecule has 3 N–H and O–H groups in total. The number of Topliss-reactive ketones (excluding diaryl/α,β-unsaturated/α-hetero) is 2. The molecule has 0 aromatic heterocycles. The van der Waals surface area contributed by atoms with Crippen LogP contribution in [0, 0.1) is 11.8 Å². The average Bonchev–Trinajstić information content (AvgIpc) is 3.13. The van der Waals surface area contributed by atoms with Crippen molar-refractivity contribution in [2.45, 2.75) is 103 Å². The lowest BCUT2D eigenvalue weighted by Gasteiger charge is -2.56.